The molecule has 2 atom stereocenters. The maximum Gasteiger partial charge on any atom is 0.143 e. The van der Waals surface area contributed by atoms with E-state index in [0.717, 1.165) is 24.9 Å². The monoisotopic (exact) mass is 271 g/mol. The minimum absolute atomic E-state index is 0.0600. The molecule has 100 valence electrons. The summed E-state index contributed by atoms with van der Waals surface area (Å²) in [5.74, 6) is 1.24. The van der Waals surface area contributed by atoms with Crippen molar-refractivity contribution in [1.82, 2.24) is 0 Å². The number of halogens is 1. The highest BCUT2D eigenvalue weighted by Crippen LogP contribution is 2.37. The Bertz CT molecular complexity index is 425. The van der Waals surface area contributed by atoms with E-state index in [2.05, 4.69) is 5.32 Å². The molecule has 1 fully saturated rings. The zero-order valence-corrected chi connectivity index (χ0v) is 11.3. The van der Waals surface area contributed by atoms with Crippen LogP contribution in [0.2, 0.25) is 5.02 Å². The van der Waals surface area contributed by atoms with Crippen molar-refractivity contribution in [3.05, 3.63) is 17.2 Å². The fraction of sp³-hybridized carbons (Fsp3) is 0.538. The van der Waals surface area contributed by atoms with Crippen molar-refractivity contribution in [2.24, 2.45) is 0 Å². The normalized spacial score (nSPS) is 22.9. The topological polar surface area (TPSA) is 50.7 Å². The van der Waals surface area contributed by atoms with Gasteiger partial charge in [-0.25, -0.2) is 0 Å². The minimum Gasteiger partial charge on any atom is -0.495 e. The van der Waals surface area contributed by atoms with Crippen LogP contribution >= 0.6 is 11.6 Å². The van der Waals surface area contributed by atoms with E-state index >= 15 is 0 Å². The molecule has 1 aliphatic carbocycles. The average Bonchev–Trinajstić information content (AvgIpc) is 2.76. The molecule has 0 amide bonds. The molecule has 0 radical (unpaired) electrons. The molecule has 5 heteroatoms. The first-order chi connectivity index (χ1) is 8.65. The first-order valence-corrected chi connectivity index (χ1v) is 6.39. The van der Waals surface area contributed by atoms with Crippen LogP contribution in [-0.4, -0.2) is 31.5 Å². The summed E-state index contributed by atoms with van der Waals surface area (Å²) in [6.45, 7) is 0. The summed E-state index contributed by atoms with van der Waals surface area (Å²) < 4.78 is 10.5. The Hall–Kier alpha value is -1.13. The molecule has 0 heterocycles. The van der Waals surface area contributed by atoms with Crippen LogP contribution in [0.15, 0.2) is 12.1 Å². The van der Waals surface area contributed by atoms with Crippen LogP contribution in [0.25, 0.3) is 0 Å². The van der Waals surface area contributed by atoms with Crippen LogP contribution in [0.5, 0.6) is 11.5 Å². The molecular formula is C13H18ClNO3. The standard InChI is InChI=1S/C13H18ClNO3/c1-17-12-7-10(13(18-2)6-8(12)14)15-9-4-3-5-11(9)16/h6-7,9,11,15-16H,3-5H2,1-2H3/t9-,11-/m0/s1. The third-order valence-corrected chi connectivity index (χ3v) is 3.59. The number of anilines is 1. The smallest absolute Gasteiger partial charge is 0.143 e. The van der Waals surface area contributed by atoms with Crippen molar-refractivity contribution < 1.29 is 14.6 Å². The van der Waals surface area contributed by atoms with Gasteiger partial charge in [0.2, 0.25) is 0 Å². The van der Waals surface area contributed by atoms with Gasteiger partial charge in [0.15, 0.2) is 0 Å². The molecule has 1 saturated carbocycles. The molecule has 2 rings (SSSR count). The lowest BCUT2D eigenvalue weighted by molar-refractivity contribution is 0.171. The second kappa shape index (κ2) is 5.67. The van der Waals surface area contributed by atoms with Gasteiger partial charge in [-0.1, -0.05) is 11.6 Å². The first kappa shape index (κ1) is 13.3. The Labute approximate surface area is 112 Å². The Morgan fingerprint density at radius 3 is 2.50 bits per heavy atom. The SMILES string of the molecule is COc1cc(N[C@H]2CCC[C@@H]2O)c(OC)cc1Cl. The van der Waals surface area contributed by atoms with E-state index < -0.39 is 0 Å². The average molecular weight is 272 g/mol. The number of ether oxygens (including phenoxy) is 2. The lowest BCUT2D eigenvalue weighted by Crippen LogP contribution is -2.28. The van der Waals surface area contributed by atoms with Crippen LogP contribution in [-0.2, 0) is 0 Å². The highest BCUT2D eigenvalue weighted by atomic mass is 35.5. The number of benzene rings is 1. The number of aliphatic hydroxyl groups is 1. The molecule has 2 N–H and O–H groups in total. The Morgan fingerprint density at radius 1 is 1.22 bits per heavy atom. The van der Waals surface area contributed by atoms with Gasteiger partial charge in [0.05, 0.1) is 37.1 Å². The summed E-state index contributed by atoms with van der Waals surface area (Å²) in [6, 6.07) is 3.57. The third kappa shape index (κ3) is 2.65. The number of aliphatic hydroxyl groups excluding tert-OH is 1. The Kier molecular flexibility index (Phi) is 4.19. The van der Waals surface area contributed by atoms with Gasteiger partial charge in [-0.3, -0.25) is 0 Å². The predicted molar refractivity (Wildman–Crippen MR) is 71.8 cm³/mol. The molecule has 0 saturated heterocycles. The number of methoxy groups -OCH3 is 2. The summed E-state index contributed by atoms with van der Waals surface area (Å²) in [4.78, 5) is 0. The summed E-state index contributed by atoms with van der Waals surface area (Å²) >= 11 is 6.04. The maximum atomic E-state index is 9.83. The lowest BCUT2D eigenvalue weighted by atomic mass is 10.2. The van der Waals surface area contributed by atoms with Gasteiger partial charge in [0.1, 0.15) is 11.5 Å². The maximum absolute atomic E-state index is 9.83. The fourth-order valence-electron chi connectivity index (χ4n) is 2.28. The van der Waals surface area contributed by atoms with Crippen molar-refractivity contribution in [1.29, 1.82) is 0 Å². The van der Waals surface area contributed by atoms with Gasteiger partial charge in [-0.15, -0.1) is 0 Å². The van der Waals surface area contributed by atoms with Crippen molar-refractivity contribution in [3.8, 4) is 11.5 Å². The second-order valence-electron chi connectivity index (χ2n) is 4.44. The molecule has 0 aromatic heterocycles. The molecule has 0 bridgehead atoms. The van der Waals surface area contributed by atoms with Gasteiger partial charge in [-0.2, -0.15) is 0 Å². The second-order valence-corrected chi connectivity index (χ2v) is 4.84. The third-order valence-electron chi connectivity index (χ3n) is 3.29. The van der Waals surface area contributed by atoms with E-state index in [1.54, 1.807) is 26.4 Å². The van der Waals surface area contributed by atoms with Crippen LogP contribution in [0.1, 0.15) is 19.3 Å². The van der Waals surface area contributed by atoms with E-state index in [1.807, 2.05) is 0 Å². The van der Waals surface area contributed by atoms with Gasteiger partial charge < -0.3 is 19.9 Å². The molecule has 1 aromatic rings. The highest BCUT2D eigenvalue weighted by molar-refractivity contribution is 6.32. The highest BCUT2D eigenvalue weighted by Gasteiger charge is 2.26. The van der Waals surface area contributed by atoms with E-state index in [9.17, 15) is 5.11 Å². The largest absolute Gasteiger partial charge is 0.495 e. The van der Waals surface area contributed by atoms with E-state index in [-0.39, 0.29) is 12.1 Å². The molecule has 0 unspecified atom stereocenters. The van der Waals surface area contributed by atoms with Gasteiger partial charge >= 0.3 is 0 Å². The van der Waals surface area contributed by atoms with E-state index in [4.69, 9.17) is 21.1 Å². The summed E-state index contributed by atoms with van der Waals surface area (Å²) in [5.41, 5.74) is 0.796. The minimum atomic E-state index is -0.309. The van der Waals surface area contributed by atoms with Crippen LogP contribution in [0.3, 0.4) is 0 Å². The van der Waals surface area contributed by atoms with Gasteiger partial charge in [0.25, 0.3) is 0 Å². The Balaban J connectivity index is 2.24. The van der Waals surface area contributed by atoms with Crippen molar-refractivity contribution in [3.63, 3.8) is 0 Å². The van der Waals surface area contributed by atoms with Gasteiger partial charge in [0, 0.05) is 12.1 Å². The van der Waals surface area contributed by atoms with E-state index in [0.29, 0.717) is 16.5 Å². The molecule has 18 heavy (non-hydrogen) atoms. The van der Waals surface area contributed by atoms with Crippen LogP contribution < -0.4 is 14.8 Å². The van der Waals surface area contributed by atoms with E-state index in [1.165, 1.54) is 0 Å². The molecule has 0 spiro atoms. The Morgan fingerprint density at radius 2 is 1.94 bits per heavy atom. The predicted octanol–water partition coefficient (Wildman–Crippen LogP) is 2.68. The zero-order valence-electron chi connectivity index (χ0n) is 10.6. The molecule has 0 aliphatic heterocycles. The van der Waals surface area contributed by atoms with Gasteiger partial charge in [-0.05, 0) is 19.3 Å². The summed E-state index contributed by atoms with van der Waals surface area (Å²) in [5, 5.41) is 13.6. The zero-order chi connectivity index (χ0) is 13.1. The molecule has 1 aliphatic rings. The van der Waals surface area contributed by atoms with Crippen molar-refractivity contribution in [2.45, 2.75) is 31.4 Å². The molecule has 4 nitrogen and oxygen atoms in total. The first-order valence-electron chi connectivity index (χ1n) is 6.02. The number of nitrogens with one attached hydrogen (secondary N) is 1. The van der Waals surface area contributed by atoms with Crippen molar-refractivity contribution in [2.75, 3.05) is 19.5 Å². The van der Waals surface area contributed by atoms with Crippen LogP contribution in [0, 0.1) is 0 Å². The fourth-order valence-corrected chi connectivity index (χ4v) is 2.51. The van der Waals surface area contributed by atoms with Crippen molar-refractivity contribution >= 4 is 17.3 Å². The van der Waals surface area contributed by atoms with Crippen LogP contribution in [0.4, 0.5) is 5.69 Å². The molecule has 1 aromatic carbocycles. The lowest BCUT2D eigenvalue weighted by Gasteiger charge is -2.20. The number of hydrogen-bond donors (Lipinski definition) is 2. The number of rotatable bonds is 4. The summed E-state index contributed by atoms with van der Waals surface area (Å²) in [7, 11) is 3.16. The molecular weight excluding hydrogens is 254 g/mol. The summed E-state index contributed by atoms with van der Waals surface area (Å²) in [6.07, 6.45) is 2.52. The number of hydrogen-bond acceptors (Lipinski definition) is 4. The quantitative estimate of drug-likeness (QED) is 0.884.